The largest absolute Gasteiger partial charge is 0.340 e. The molecular weight excluding hydrogens is 308 g/mol. The average Bonchev–Trinajstić information content (AvgIpc) is 2.98. The predicted octanol–water partition coefficient (Wildman–Crippen LogP) is 2.85. The van der Waals surface area contributed by atoms with E-state index in [1.807, 2.05) is 13.8 Å². The van der Waals surface area contributed by atoms with Crippen molar-refractivity contribution in [2.45, 2.75) is 40.2 Å². The Morgan fingerprint density at radius 1 is 1.29 bits per heavy atom. The van der Waals surface area contributed by atoms with Crippen LogP contribution in [0.2, 0.25) is 0 Å². The molecule has 0 aliphatic rings. The molecule has 2 aromatic rings. The van der Waals surface area contributed by atoms with E-state index in [0.29, 0.717) is 29.4 Å². The Morgan fingerprint density at radius 2 is 2.04 bits per heavy atom. The maximum atomic E-state index is 12.5. The number of benzene rings is 1. The minimum atomic E-state index is -0.382. The molecule has 2 rings (SSSR count). The van der Waals surface area contributed by atoms with Crippen LogP contribution in [0, 0.1) is 12.8 Å². The van der Waals surface area contributed by atoms with Crippen molar-refractivity contribution in [2.75, 3.05) is 5.32 Å². The molecule has 0 fully saturated rings. The number of aromatic nitrogens is 2. The first kappa shape index (κ1) is 17.7. The third kappa shape index (κ3) is 4.41. The van der Waals surface area contributed by atoms with Crippen molar-refractivity contribution in [3.63, 3.8) is 0 Å². The van der Waals surface area contributed by atoms with Crippen molar-refractivity contribution < 1.29 is 14.1 Å². The third-order valence-corrected chi connectivity index (χ3v) is 3.49. The van der Waals surface area contributed by atoms with Gasteiger partial charge in [0.05, 0.1) is 0 Å². The molecule has 24 heavy (non-hydrogen) atoms. The molecule has 7 nitrogen and oxygen atoms in total. The maximum Gasteiger partial charge on any atom is 0.252 e. The predicted molar refractivity (Wildman–Crippen MR) is 89.4 cm³/mol. The Hall–Kier alpha value is -2.70. The normalized spacial score (nSPS) is 12.0. The molecule has 0 bridgehead atoms. The van der Waals surface area contributed by atoms with Gasteiger partial charge in [-0.05, 0) is 31.0 Å². The van der Waals surface area contributed by atoms with Gasteiger partial charge in [0.25, 0.3) is 5.91 Å². The number of anilines is 1. The van der Waals surface area contributed by atoms with Crippen LogP contribution in [0.15, 0.2) is 28.8 Å². The molecule has 0 unspecified atom stereocenters. The Labute approximate surface area is 140 Å². The zero-order chi connectivity index (χ0) is 17.7. The van der Waals surface area contributed by atoms with Gasteiger partial charge in [-0.15, -0.1) is 0 Å². The SMILES string of the molecule is CCC(=O)Nc1cccc(C(=O)N[C@H](c2nc(C)no2)C(C)C)c1. The van der Waals surface area contributed by atoms with E-state index in [2.05, 4.69) is 20.8 Å². The molecule has 1 atom stereocenters. The highest BCUT2D eigenvalue weighted by atomic mass is 16.5. The van der Waals surface area contributed by atoms with Crippen molar-refractivity contribution in [3.05, 3.63) is 41.5 Å². The maximum absolute atomic E-state index is 12.5. The van der Waals surface area contributed by atoms with Crippen molar-refractivity contribution >= 4 is 17.5 Å². The fraction of sp³-hybridized carbons (Fsp3) is 0.412. The lowest BCUT2D eigenvalue weighted by molar-refractivity contribution is -0.115. The van der Waals surface area contributed by atoms with Gasteiger partial charge in [-0.1, -0.05) is 32.0 Å². The van der Waals surface area contributed by atoms with E-state index in [-0.39, 0.29) is 23.8 Å². The number of carbonyl (C=O) groups excluding carboxylic acids is 2. The van der Waals surface area contributed by atoms with Crippen LogP contribution in [0.4, 0.5) is 5.69 Å². The van der Waals surface area contributed by atoms with Gasteiger partial charge in [-0.3, -0.25) is 9.59 Å². The van der Waals surface area contributed by atoms with Crippen molar-refractivity contribution in [2.24, 2.45) is 5.92 Å². The number of hydrogen-bond donors (Lipinski definition) is 2. The quantitative estimate of drug-likeness (QED) is 0.849. The molecule has 128 valence electrons. The first-order chi connectivity index (χ1) is 11.4. The number of nitrogens with one attached hydrogen (secondary N) is 2. The minimum Gasteiger partial charge on any atom is -0.340 e. The Bertz CT molecular complexity index is 724. The fourth-order valence-electron chi connectivity index (χ4n) is 2.17. The molecule has 0 aliphatic carbocycles. The van der Waals surface area contributed by atoms with Crippen LogP contribution in [0.1, 0.15) is 55.3 Å². The van der Waals surface area contributed by atoms with Gasteiger partial charge in [-0.25, -0.2) is 0 Å². The molecule has 1 aromatic heterocycles. The molecule has 1 heterocycles. The fourth-order valence-corrected chi connectivity index (χ4v) is 2.17. The van der Waals surface area contributed by atoms with Crippen LogP contribution in [-0.2, 0) is 4.79 Å². The number of aryl methyl sites for hydroxylation is 1. The zero-order valence-corrected chi connectivity index (χ0v) is 14.3. The van der Waals surface area contributed by atoms with Gasteiger partial charge < -0.3 is 15.2 Å². The van der Waals surface area contributed by atoms with Crippen LogP contribution in [-0.4, -0.2) is 22.0 Å². The van der Waals surface area contributed by atoms with Gasteiger partial charge in [0.1, 0.15) is 6.04 Å². The van der Waals surface area contributed by atoms with E-state index in [1.165, 1.54) is 0 Å². The summed E-state index contributed by atoms with van der Waals surface area (Å²) in [7, 11) is 0. The third-order valence-electron chi connectivity index (χ3n) is 3.49. The lowest BCUT2D eigenvalue weighted by atomic mass is 10.0. The van der Waals surface area contributed by atoms with E-state index in [0.717, 1.165) is 0 Å². The molecule has 0 aliphatic heterocycles. The Kier molecular flexibility index (Phi) is 5.68. The van der Waals surface area contributed by atoms with Gasteiger partial charge in [-0.2, -0.15) is 4.98 Å². The van der Waals surface area contributed by atoms with Crippen LogP contribution in [0.5, 0.6) is 0 Å². The van der Waals surface area contributed by atoms with Crippen molar-refractivity contribution in [3.8, 4) is 0 Å². The smallest absolute Gasteiger partial charge is 0.252 e. The Balaban J connectivity index is 2.15. The second-order valence-electron chi connectivity index (χ2n) is 5.86. The van der Waals surface area contributed by atoms with Crippen molar-refractivity contribution in [1.29, 1.82) is 0 Å². The summed E-state index contributed by atoms with van der Waals surface area (Å²) in [6, 6.07) is 6.41. The monoisotopic (exact) mass is 330 g/mol. The molecule has 7 heteroatoms. The summed E-state index contributed by atoms with van der Waals surface area (Å²) in [5.74, 6) is 0.614. The zero-order valence-electron chi connectivity index (χ0n) is 14.3. The van der Waals surface area contributed by atoms with Gasteiger partial charge in [0, 0.05) is 17.7 Å². The number of hydrogen-bond acceptors (Lipinski definition) is 5. The Morgan fingerprint density at radius 3 is 2.62 bits per heavy atom. The molecule has 0 radical (unpaired) electrons. The molecule has 0 spiro atoms. The van der Waals surface area contributed by atoms with E-state index >= 15 is 0 Å². The lowest BCUT2D eigenvalue weighted by Crippen LogP contribution is -2.32. The van der Waals surface area contributed by atoms with Crippen LogP contribution in [0.3, 0.4) is 0 Å². The van der Waals surface area contributed by atoms with E-state index in [9.17, 15) is 9.59 Å². The summed E-state index contributed by atoms with van der Waals surface area (Å²) in [5.41, 5.74) is 1.04. The summed E-state index contributed by atoms with van der Waals surface area (Å²) >= 11 is 0. The molecule has 0 saturated heterocycles. The number of rotatable bonds is 6. The highest BCUT2D eigenvalue weighted by Gasteiger charge is 2.24. The number of amides is 2. The van der Waals surface area contributed by atoms with Gasteiger partial charge in [0.2, 0.25) is 11.8 Å². The summed E-state index contributed by atoms with van der Waals surface area (Å²) in [4.78, 5) is 28.2. The number of carbonyl (C=O) groups is 2. The topological polar surface area (TPSA) is 97.1 Å². The highest BCUT2D eigenvalue weighted by molar-refractivity contribution is 5.97. The summed E-state index contributed by atoms with van der Waals surface area (Å²) in [6.45, 7) is 7.42. The van der Waals surface area contributed by atoms with Gasteiger partial charge >= 0.3 is 0 Å². The summed E-state index contributed by atoms with van der Waals surface area (Å²) in [6.07, 6.45) is 0.377. The first-order valence-electron chi connectivity index (χ1n) is 7.91. The standard InChI is InChI=1S/C17H22N4O3/c1-5-14(22)19-13-8-6-7-12(9-13)16(23)20-15(10(2)3)17-18-11(4)21-24-17/h6-10,15H,5H2,1-4H3,(H,19,22)(H,20,23)/t15-/m0/s1. The van der Waals surface area contributed by atoms with Crippen LogP contribution >= 0.6 is 0 Å². The van der Waals surface area contributed by atoms with E-state index in [1.54, 1.807) is 38.1 Å². The van der Waals surface area contributed by atoms with Crippen LogP contribution < -0.4 is 10.6 Å². The second-order valence-corrected chi connectivity index (χ2v) is 5.86. The molecule has 2 amide bonds. The molecule has 1 aromatic carbocycles. The van der Waals surface area contributed by atoms with Crippen LogP contribution in [0.25, 0.3) is 0 Å². The minimum absolute atomic E-state index is 0.0803. The average molecular weight is 330 g/mol. The summed E-state index contributed by atoms with van der Waals surface area (Å²) < 4.78 is 5.18. The van der Waals surface area contributed by atoms with Gasteiger partial charge in [0.15, 0.2) is 5.82 Å². The molecule has 2 N–H and O–H groups in total. The molecular formula is C17H22N4O3. The van der Waals surface area contributed by atoms with Crippen molar-refractivity contribution in [1.82, 2.24) is 15.5 Å². The lowest BCUT2D eigenvalue weighted by Gasteiger charge is -2.18. The van der Waals surface area contributed by atoms with E-state index < -0.39 is 0 Å². The second kappa shape index (κ2) is 7.72. The van der Waals surface area contributed by atoms with E-state index in [4.69, 9.17) is 4.52 Å². The summed E-state index contributed by atoms with van der Waals surface area (Å²) in [5, 5.41) is 9.42. The molecule has 0 saturated carbocycles. The first-order valence-corrected chi connectivity index (χ1v) is 7.91. The number of nitrogens with zero attached hydrogens (tertiary/aromatic N) is 2. The highest BCUT2D eigenvalue weighted by Crippen LogP contribution is 2.21.